The molecule has 4 nitrogen and oxygen atoms in total. The van der Waals surface area contributed by atoms with Crippen molar-refractivity contribution in [2.45, 2.75) is 31.6 Å². The lowest BCUT2D eigenvalue weighted by Crippen LogP contribution is -1.94. The average Bonchev–Trinajstić information content (AvgIpc) is 2.86. The summed E-state index contributed by atoms with van der Waals surface area (Å²) in [6.45, 7) is 3.68. The third-order valence-corrected chi connectivity index (χ3v) is 3.48. The molecule has 0 atom stereocenters. The number of hydrogen-bond donors (Lipinski definition) is 0. The van der Waals surface area contributed by atoms with Gasteiger partial charge in [0.15, 0.2) is 0 Å². The van der Waals surface area contributed by atoms with Crippen molar-refractivity contribution in [3.8, 4) is 11.4 Å². The Morgan fingerprint density at radius 3 is 2.68 bits per heavy atom. The highest BCUT2D eigenvalue weighted by atomic mass is 32.2. The first kappa shape index (κ1) is 13.8. The molecule has 0 radical (unpaired) electrons. The van der Waals surface area contributed by atoms with E-state index in [4.69, 9.17) is 4.52 Å². The molecule has 0 aliphatic heterocycles. The lowest BCUT2D eigenvalue weighted by Gasteiger charge is -1.98. The Hall–Kier alpha value is -1.62. The summed E-state index contributed by atoms with van der Waals surface area (Å²) in [5, 5.41) is 3.94. The minimum Gasteiger partial charge on any atom is -0.339 e. The van der Waals surface area contributed by atoms with Crippen LogP contribution in [0.15, 0.2) is 33.7 Å². The molecule has 2 rings (SSSR count). The minimum absolute atomic E-state index is 0.126. The molecule has 0 aliphatic rings. The van der Waals surface area contributed by atoms with Gasteiger partial charge in [-0.2, -0.15) is 4.98 Å². The van der Waals surface area contributed by atoms with Crippen LogP contribution in [-0.4, -0.2) is 21.7 Å². The van der Waals surface area contributed by atoms with E-state index < -0.39 is 0 Å². The van der Waals surface area contributed by atoms with E-state index in [0.717, 1.165) is 11.3 Å². The number of aromatic nitrogens is 2. The van der Waals surface area contributed by atoms with Gasteiger partial charge in [0.05, 0.1) is 0 Å². The van der Waals surface area contributed by atoms with Crippen molar-refractivity contribution in [3.05, 3.63) is 30.2 Å². The van der Waals surface area contributed by atoms with Gasteiger partial charge in [-0.15, -0.1) is 11.8 Å². The molecule has 0 unspecified atom stereocenters. The first-order chi connectivity index (χ1) is 9.19. The molecule has 0 saturated heterocycles. The Bertz CT molecular complexity index is 549. The van der Waals surface area contributed by atoms with Gasteiger partial charge in [0.25, 0.3) is 0 Å². The van der Waals surface area contributed by atoms with Crippen LogP contribution in [-0.2, 0) is 11.2 Å². The number of ketones is 1. The van der Waals surface area contributed by atoms with Crippen molar-refractivity contribution in [2.24, 2.45) is 0 Å². The second kappa shape index (κ2) is 6.52. The van der Waals surface area contributed by atoms with Crippen LogP contribution in [0.3, 0.4) is 0 Å². The molecular formula is C14H16N2O2S. The maximum Gasteiger partial charge on any atom is 0.227 e. The largest absolute Gasteiger partial charge is 0.339 e. The minimum atomic E-state index is 0.126. The Morgan fingerprint density at radius 1 is 1.32 bits per heavy atom. The third-order valence-electron chi connectivity index (χ3n) is 2.58. The van der Waals surface area contributed by atoms with E-state index in [2.05, 4.69) is 29.2 Å². The van der Waals surface area contributed by atoms with Gasteiger partial charge in [0.2, 0.25) is 11.7 Å². The van der Waals surface area contributed by atoms with E-state index in [-0.39, 0.29) is 5.78 Å². The smallest absolute Gasteiger partial charge is 0.227 e. The SMILES string of the molecule is CCSc1ccc(-c2noc(CCC(C)=O)n2)cc1. The van der Waals surface area contributed by atoms with Crippen molar-refractivity contribution in [3.63, 3.8) is 0 Å². The molecule has 0 spiro atoms. The van der Waals surface area contributed by atoms with Gasteiger partial charge >= 0.3 is 0 Å². The number of Topliss-reactive ketones (excluding diaryl/α,β-unsaturated/α-hetero) is 1. The van der Waals surface area contributed by atoms with Crippen LogP contribution in [0.5, 0.6) is 0 Å². The van der Waals surface area contributed by atoms with Gasteiger partial charge in [-0.05, 0) is 36.9 Å². The zero-order chi connectivity index (χ0) is 13.7. The number of carbonyl (C=O) groups is 1. The fourth-order valence-electron chi connectivity index (χ4n) is 1.62. The number of hydrogen-bond acceptors (Lipinski definition) is 5. The molecule has 100 valence electrons. The van der Waals surface area contributed by atoms with E-state index in [1.54, 1.807) is 18.7 Å². The van der Waals surface area contributed by atoms with Gasteiger partial charge in [-0.3, -0.25) is 0 Å². The lowest BCUT2D eigenvalue weighted by atomic mass is 10.2. The molecule has 1 aromatic heterocycles. The second-order valence-electron chi connectivity index (χ2n) is 4.17. The van der Waals surface area contributed by atoms with Gasteiger partial charge in [-0.25, -0.2) is 0 Å². The quantitative estimate of drug-likeness (QED) is 0.757. The highest BCUT2D eigenvalue weighted by Crippen LogP contribution is 2.22. The van der Waals surface area contributed by atoms with Crippen LogP contribution in [0, 0.1) is 0 Å². The Labute approximate surface area is 116 Å². The molecule has 0 aliphatic carbocycles. The highest BCUT2D eigenvalue weighted by Gasteiger charge is 2.09. The average molecular weight is 276 g/mol. The summed E-state index contributed by atoms with van der Waals surface area (Å²) < 4.78 is 5.13. The molecule has 1 aromatic carbocycles. The Kier molecular flexibility index (Phi) is 4.74. The number of carbonyl (C=O) groups excluding carboxylic acids is 1. The Morgan fingerprint density at radius 2 is 2.05 bits per heavy atom. The normalized spacial score (nSPS) is 10.6. The number of rotatable bonds is 6. The first-order valence-corrected chi connectivity index (χ1v) is 7.23. The standard InChI is InChI=1S/C14H16N2O2S/c1-3-19-12-7-5-11(6-8-12)14-15-13(18-16-14)9-4-10(2)17/h5-8H,3-4,9H2,1-2H3. The summed E-state index contributed by atoms with van der Waals surface area (Å²) in [6, 6.07) is 8.07. The molecule has 0 fully saturated rings. The van der Waals surface area contributed by atoms with Crippen molar-refractivity contribution in [1.82, 2.24) is 10.1 Å². The molecular weight excluding hydrogens is 260 g/mol. The number of aryl methyl sites for hydroxylation is 1. The van der Waals surface area contributed by atoms with Crippen LogP contribution in [0.1, 0.15) is 26.2 Å². The zero-order valence-corrected chi connectivity index (χ0v) is 11.9. The van der Waals surface area contributed by atoms with E-state index in [1.807, 2.05) is 12.1 Å². The first-order valence-electron chi connectivity index (χ1n) is 6.24. The molecule has 0 saturated carbocycles. The van der Waals surface area contributed by atoms with E-state index in [9.17, 15) is 4.79 Å². The van der Waals surface area contributed by atoms with Crippen LogP contribution in [0.2, 0.25) is 0 Å². The van der Waals surface area contributed by atoms with Crippen LogP contribution < -0.4 is 0 Å². The fourth-order valence-corrected chi connectivity index (χ4v) is 2.29. The molecule has 19 heavy (non-hydrogen) atoms. The number of nitrogens with zero attached hydrogens (tertiary/aromatic N) is 2. The third kappa shape index (κ3) is 3.92. The monoisotopic (exact) mass is 276 g/mol. The van der Waals surface area contributed by atoms with Gasteiger partial charge in [0, 0.05) is 23.3 Å². The lowest BCUT2D eigenvalue weighted by molar-refractivity contribution is -0.117. The van der Waals surface area contributed by atoms with Gasteiger partial charge < -0.3 is 9.32 Å². The molecule has 1 heterocycles. The number of benzene rings is 1. The molecule has 0 N–H and O–H groups in total. The Balaban J connectivity index is 2.07. The summed E-state index contributed by atoms with van der Waals surface area (Å²) in [5.74, 6) is 2.26. The van der Waals surface area contributed by atoms with Crippen molar-refractivity contribution in [2.75, 3.05) is 5.75 Å². The summed E-state index contributed by atoms with van der Waals surface area (Å²) in [6.07, 6.45) is 0.944. The zero-order valence-electron chi connectivity index (χ0n) is 11.0. The van der Waals surface area contributed by atoms with Crippen LogP contribution >= 0.6 is 11.8 Å². The van der Waals surface area contributed by atoms with Crippen molar-refractivity contribution < 1.29 is 9.32 Å². The van der Waals surface area contributed by atoms with Gasteiger partial charge in [-0.1, -0.05) is 12.1 Å². The molecule has 0 amide bonds. The fraction of sp³-hybridized carbons (Fsp3) is 0.357. The van der Waals surface area contributed by atoms with E-state index >= 15 is 0 Å². The topological polar surface area (TPSA) is 56.0 Å². The predicted molar refractivity (Wildman–Crippen MR) is 75.1 cm³/mol. The molecule has 2 aromatic rings. The van der Waals surface area contributed by atoms with Crippen LogP contribution in [0.4, 0.5) is 0 Å². The maximum absolute atomic E-state index is 10.9. The summed E-state index contributed by atoms with van der Waals surface area (Å²) in [5.41, 5.74) is 0.929. The molecule has 0 bridgehead atoms. The molecule has 5 heteroatoms. The van der Waals surface area contributed by atoms with Crippen LogP contribution in [0.25, 0.3) is 11.4 Å². The van der Waals surface area contributed by atoms with Gasteiger partial charge in [0.1, 0.15) is 5.78 Å². The van der Waals surface area contributed by atoms with Crippen molar-refractivity contribution >= 4 is 17.5 Å². The van der Waals surface area contributed by atoms with E-state index in [0.29, 0.717) is 24.6 Å². The summed E-state index contributed by atoms with van der Waals surface area (Å²) in [7, 11) is 0. The van der Waals surface area contributed by atoms with Crippen molar-refractivity contribution in [1.29, 1.82) is 0 Å². The number of thioether (sulfide) groups is 1. The highest BCUT2D eigenvalue weighted by molar-refractivity contribution is 7.99. The maximum atomic E-state index is 10.9. The predicted octanol–water partition coefficient (Wildman–Crippen LogP) is 3.37. The summed E-state index contributed by atoms with van der Waals surface area (Å²) >= 11 is 1.79. The van der Waals surface area contributed by atoms with E-state index in [1.165, 1.54) is 4.90 Å². The summed E-state index contributed by atoms with van der Waals surface area (Å²) in [4.78, 5) is 16.4. The second-order valence-corrected chi connectivity index (χ2v) is 5.51.